The fraction of sp³-hybridized carbons (Fsp3) is 0.471. The second kappa shape index (κ2) is 7.87. The van der Waals surface area contributed by atoms with Crippen molar-refractivity contribution in [3.63, 3.8) is 0 Å². The monoisotopic (exact) mass is 342 g/mol. The Bertz CT molecular complexity index is 722. The number of hydrogen-bond acceptors (Lipinski definition) is 5. The van der Waals surface area contributed by atoms with Gasteiger partial charge in [-0.3, -0.25) is 9.59 Å². The van der Waals surface area contributed by atoms with Crippen LogP contribution in [0.5, 0.6) is 0 Å². The van der Waals surface area contributed by atoms with Gasteiger partial charge < -0.3 is 9.80 Å². The summed E-state index contributed by atoms with van der Waals surface area (Å²) in [7, 11) is 0. The third-order valence-corrected chi connectivity index (χ3v) is 4.38. The molecule has 0 saturated carbocycles. The summed E-state index contributed by atoms with van der Waals surface area (Å²) in [4.78, 5) is 28.2. The molecule has 8 heteroatoms. The van der Waals surface area contributed by atoms with Crippen molar-refractivity contribution in [2.45, 2.75) is 26.3 Å². The van der Waals surface area contributed by atoms with Crippen LogP contribution in [0.4, 0.5) is 0 Å². The number of carbonyl (C=O) groups is 2. The highest BCUT2D eigenvalue weighted by Crippen LogP contribution is 2.10. The summed E-state index contributed by atoms with van der Waals surface area (Å²) in [6.07, 6.45) is 2.67. The Labute approximate surface area is 146 Å². The molecule has 0 spiro atoms. The molecule has 132 valence electrons. The highest BCUT2D eigenvalue weighted by Gasteiger charge is 2.24. The third kappa shape index (κ3) is 4.62. The first-order valence-electron chi connectivity index (χ1n) is 8.44. The second-order valence-corrected chi connectivity index (χ2v) is 6.26. The number of aromatic nitrogens is 4. The predicted octanol–water partition coefficient (Wildman–Crippen LogP) is 0.285. The molecule has 1 aromatic heterocycles. The van der Waals surface area contributed by atoms with E-state index in [0.717, 1.165) is 6.42 Å². The van der Waals surface area contributed by atoms with E-state index in [1.54, 1.807) is 4.90 Å². The predicted molar refractivity (Wildman–Crippen MR) is 90.5 cm³/mol. The van der Waals surface area contributed by atoms with Gasteiger partial charge in [-0.05, 0) is 29.3 Å². The molecule has 8 nitrogen and oxygen atoms in total. The highest BCUT2D eigenvalue weighted by atomic mass is 16.2. The van der Waals surface area contributed by atoms with Crippen molar-refractivity contribution in [1.82, 2.24) is 30.0 Å². The second-order valence-electron chi connectivity index (χ2n) is 6.26. The minimum absolute atomic E-state index is 0.0286. The number of rotatable bonds is 5. The summed E-state index contributed by atoms with van der Waals surface area (Å²) in [6, 6.07) is 8.24. The van der Waals surface area contributed by atoms with Gasteiger partial charge in [0.1, 0.15) is 12.9 Å². The van der Waals surface area contributed by atoms with Crippen LogP contribution in [0.2, 0.25) is 0 Å². The molecular formula is C17H22N6O2. The lowest BCUT2D eigenvalue weighted by Crippen LogP contribution is -2.51. The van der Waals surface area contributed by atoms with E-state index in [9.17, 15) is 9.59 Å². The maximum Gasteiger partial charge on any atom is 0.244 e. The first-order chi connectivity index (χ1) is 12.1. The highest BCUT2D eigenvalue weighted by molar-refractivity contribution is 5.78. The van der Waals surface area contributed by atoms with Crippen molar-refractivity contribution in [1.29, 1.82) is 0 Å². The van der Waals surface area contributed by atoms with Crippen LogP contribution >= 0.6 is 0 Å². The average molecular weight is 342 g/mol. The van der Waals surface area contributed by atoms with Crippen molar-refractivity contribution in [2.75, 3.05) is 26.2 Å². The van der Waals surface area contributed by atoms with Crippen LogP contribution in [-0.2, 0) is 22.6 Å². The summed E-state index contributed by atoms with van der Waals surface area (Å²) in [5.41, 5.74) is 2.39. The van der Waals surface area contributed by atoms with E-state index in [1.165, 1.54) is 22.1 Å². The average Bonchev–Trinajstić information content (AvgIpc) is 3.13. The van der Waals surface area contributed by atoms with Gasteiger partial charge in [-0.1, -0.05) is 29.8 Å². The quantitative estimate of drug-likeness (QED) is 0.779. The summed E-state index contributed by atoms with van der Waals surface area (Å²) >= 11 is 0. The molecule has 1 fully saturated rings. The molecule has 0 radical (unpaired) electrons. The molecule has 1 aromatic carbocycles. The molecule has 1 aliphatic heterocycles. The van der Waals surface area contributed by atoms with E-state index in [2.05, 4.69) is 40.6 Å². The zero-order valence-corrected chi connectivity index (χ0v) is 14.3. The van der Waals surface area contributed by atoms with Gasteiger partial charge in [0.2, 0.25) is 11.8 Å². The van der Waals surface area contributed by atoms with Crippen LogP contribution in [0, 0.1) is 6.92 Å². The summed E-state index contributed by atoms with van der Waals surface area (Å²) in [5.74, 6) is 0.119. The fourth-order valence-corrected chi connectivity index (χ4v) is 2.97. The molecule has 25 heavy (non-hydrogen) atoms. The lowest BCUT2D eigenvalue weighted by atomic mass is 10.1. The van der Waals surface area contributed by atoms with Crippen LogP contribution in [-0.4, -0.2) is 68.0 Å². The van der Waals surface area contributed by atoms with Gasteiger partial charge in [0, 0.05) is 32.6 Å². The normalized spacial score (nSPS) is 14.6. The molecule has 0 atom stereocenters. The third-order valence-electron chi connectivity index (χ3n) is 4.38. The molecule has 1 aliphatic rings. The van der Waals surface area contributed by atoms with Crippen LogP contribution < -0.4 is 0 Å². The zero-order chi connectivity index (χ0) is 17.6. The van der Waals surface area contributed by atoms with E-state index in [4.69, 9.17) is 0 Å². The van der Waals surface area contributed by atoms with E-state index >= 15 is 0 Å². The minimum atomic E-state index is -0.0286. The number of hydrogen-bond donors (Lipinski definition) is 0. The molecule has 2 amide bonds. The number of nitrogens with zero attached hydrogens (tertiary/aromatic N) is 6. The van der Waals surface area contributed by atoms with Crippen molar-refractivity contribution in [3.05, 3.63) is 41.7 Å². The van der Waals surface area contributed by atoms with Gasteiger partial charge in [-0.25, -0.2) is 4.68 Å². The molecule has 0 aliphatic carbocycles. The number of tetrazole rings is 1. The van der Waals surface area contributed by atoms with Gasteiger partial charge in [-0.15, -0.1) is 5.10 Å². The maximum absolute atomic E-state index is 12.4. The number of carbonyl (C=O) groups excluding carboxylic acids is 2. The number of amides is 2. The fourth-order valence-electron chi connectivity index (χ4n) is 2.97. The summed E-state index contributed by atoms with van der Waals surface area (Å²) in [5, 5.41) is 10.7. The lowest BCUT2D eigenvalue weighted by molar-refractivity contribution is -0.140. The van der Waals surface area contributed by atoms with Crippen LogP contribution in [0.1, 0.15) is 17.5 Å². The first-order valence-corrected chi connectivity index (χ1v) is 8.44. The van der Waals surface area contributed by atoms with E-state index in [1.807, 2.05) is 11.0 Å². The molecule has 0 unspecified atom stereocenters. The standard InChI is InChI=1S/C17H22N6O2/c1-14-3-2-4-15(11-14)5-6-16(24)21-7-9-22(10-8-21)17(25)12-23-13-18-19-20-23/h2-4,11,13H,5-10,12H2,1H3. The van der Waals surface area contributed by atoms with Gasteiger partial charge >= 0.3 is 0 Å². The van der Waals surface area contributed by atoms with Gasteiger partial charge in [0.15, 0.2) is 0 Å². The Morgan fingerprint density at radius 3 is 2.44 bits per heavy atom. The SMILES string of the molecule is Cc1cccc(CCC(=O)N2CCN(C(=O)Cn3cnnn3)CC2)c1. The minimum Gasteiger partial charge on any atom is -0.339 e. The molecular weight excluding hydrogens is 320 g/mol. The van der Waals surface area contributed by atoms with Crippen molar-refractivity contribution < 1.29 is 9.59 Å². The Morgan fingerprint density at radius 1 is 1.08 bits per heavy atom. The number of aryl methyl sites for hydroxylation is 2. The van der Waals surface area contributed by atoms with Crippen molar-refractivity contribution in [3.8, 4) is 0 Å². The molecule has 1 saturated heterocycles. The van der Waals surface area contributed by atoms with Gasteiger partial charge in [0.25, 0.3) is 0 Å². The number of benzene rings is 1. The zero-order valence-electron chi connectivity index (χ0n) is 14.3. The summed E-state index contributed by atoms with van der Waals surface area (Å²) in [6.45, 7) is 4.45. The van der Waals surface area contributed by atoms with Crippen LogP contribution in [0.25, 0.3) is 0 Å². The Morgan fingerprint density at radius 2 is 1.80 bits per heavy atom. The summed E-state index contributed by atoms with van der Waals surface area (Å²) < 4.78 is 1.40. The smallest absolute Gasteiger partial charge is 0.244 e. The number of piperazine rings is 1. The Kier molecular flexibility index (Phi) is 5.37. The topological polar surface area (TPSA) is 84.2 Å². The molecule has 0 bridgehead atoms. The van der Waals surface area contributed by atoms with Crippen LogP contribution in [0.3, 0.4) is 0 Å². The van der Waals surface area contributed by atoms with E-state index in [-0.39, 0.29) is 18.4 Å². The van der Waals surface area contributed by atoms with E-state index < -0.39 is 0 Å². The first kappa shape index (κ1) is 17.1. The molecule has 3 rings (SSSR count). The lowest BCUT2D eigenvalue weighted by Gasteiger charge is -2.34. The van der Waals surface area contributed by atoms with Gasteiger partial charge in [0.05, 0.1) is 0 Å². The van der Waals surface area contributed by atoms with E-state index in [0.29, 0.717) is 32.6 Å². The molecule has 2 heterocycles. The Hall–Kier alpha value is -2.77. The van der Waals surface area contributed by atoms with Crippen molar-refractivity contribution >= 4 is 11.8 Å². The Balaban J connectivity index is 1.43. The van der Waals surface area contributed by atoms with Crippen molar-refractivity contribution in [2.24, 2.45) is 0 Å². The largest absolute Gasteiger partial charge is 0.339 e. The molecule has 0 N–H and O–H groups in total. The molecule has 2 aromatic rings. The van der Waals surface area contributed by atoms with Crippen LogP contribution in [0.15, 0.2) is 30.6 Å². The van der Waals surface area contributed by atoms with Gasteiger partial charge in [-0.2, -0.15) is 0 Å². The maximum atomic E-state index is 12.4.